The van der Waals surface area contributed by atoms with Gasteiger partial charge in [0.1, 0.15) is 18.1 Å². The number of benzene rings is 2. The molecule has 0 aliphatic carbocycles. The molecule has 0 aliphatic rings. The van der Waals surface area contributed by atoms with Crippen molar-refractivity contribution in [1.29, 1.82) is 0 Å². The number of tetrazole rings is 1. The maximum Gasteiger partial charge on any atom is 0.368 e. The Morgan fingerprint density at radius 2 is 1.93 bits per heavy atom. The fraction of sp³-hybridized carbons (Fsp3) is 0.409. The van der Waals surface area contributed by atoms with Crippen LogP contribution in [0, 0.1) is 6.92 Å². The molecule has 3 rings (SSSR count). The summed E-state index contributed by atoms with van der Waals surface area (Å²) >= 11 is 0. The quantitative estimate of drug-likeness (QED) is 0.580. The minimum Gasteiger partial charge on any atom is -0.496 e. The molecule has 1 atom stereocenters. The average molecular weight is 396 g/mol. The summed E-state index contributed by atoms with van der Waals surface area (Å²) in [6.45, 7) is 6.74. The molecular formula is C22H28N4O3. The highest BCUT2D eigenvalue weighted by molar-refractivity contribution is 5.49. The number of rotatable bonds is 8. The van der Waals surface area contributed by atoms with Gasteiger partial charge in [-0.3, -0.25) is 0 Å². The van der Waals surface area contributed by atoms with Crippen molar-refractivity contribution in [2.45, 2.75) is 46.1 Å². The number of nitrogens with zero attached hydrogens (tertiary/aromatic N) is 4. The Bertz CT molecular complexity index is 1040. The van der Waals surface area contributed by atoms with E-state index in [4.69, 9.17) is 9.47 Å². The molecule has 7 nitrogen and oxygen atoms in total. The predicted octanol–water partition coefficient (Wildman–Crippen LogP) is 3.77. The average Bonchev–Trinajstić information content (AvgIpc) is 3.05. The van der Waals surface area contributed by atoms with Crippen molar-refractivity contribution < 1.29 is 9.47 Å². The van der Waals surface area contributed by atoms with E-state index in [9.17, 15) is 4.79 Å². The number of hydrogen-bond acceptors (Lipinski definition) is 5. The highest BCUT2D eigenvalue weighted by atomic mass is 16.5. The molecule has 0 aliphatic heterocycles. The molecule has 0 amide bonds. The van der Waals surface area contributed by atoms with Crippen LogP contribution in [0.1, 0.15) is 49.3 Å². The number of aryl methyl sites for hydroxylation is 2. The van der Waals surface area contributed by atoms with E-state index >= 15 is 0 Å². The van der Waals surface area contributed by atoms with Gasteiger partial charge in [0, 0.05) is 7.05 Å². The van der Waals surface area contributed by atoms with E-state index in [0.29, 0.717) is 17.4 Å². The van der Waals surface area contributed by atoms with Crippen molar-refractivity contribution in [3.63, 3.8) is 0 Å². The van der Waals surface area contributed by atoms with Crippen LogP contribution in [-0.4, -0.2) is 26.9 Å². The summed E-state index contributed by atoms with van der Waals surface area (Å²) in [5.41, 5.74) is 3.40. The molecule has 1 unspecified atom stereocenters. The monoisotopic (exact) mass is 396 g/mol. The van der Waals surface area contributed by atoms with Gasteiger partial charge >= 0.3 is 5.69 Å². The van der Waals surface area contributed by atoms with Crippen molar-refractivity contribution in [2.24, 2.45) is 7.05 Å². The lowest BCUT2D eigenvalue weighted by atomic mass is 9.95. The normalized spacial score (nSPS) is 12.0. The van der Waals surface area contributed by atoms with E-state index in [1.807, 2.05) is 25.1 Å². The zero-order valence-corrected chi connectivity index (χ0v) is 17.7. The molecular weight excluding hydrogens is 368 g/mol. The standard InChI is InChI=1S/C22H28N4O3/c1-6-8-15(2)17-11-12-20(16(3)13-17)29-14-18-19(9-7-10-21(18)28-5)26-22(27)25(4)23-24-26/h7,9-13,15H,6,8,14H2,1-5H3. The van der Waals surface area contributed by atoms with E-state index in [0.717, 1.165) is 29.7 Å². The van der Waals surface area contributed by atoms with E-state index in [2.05, 4.69) is 36.4 Å². The molecule has 0 saturated carbocycles. The van der Waals surface area contributed by atoms with Crippen LogP contribution in [0.3, 0.4) is 0 Å². The lowest BCUT2D eigenvalue weighted by Crippen LogP contribution is -2.23. The van der Waals surface area contributed by atoms with Crippen molar-refractivity contribution >= 4 is 0 Å². The summed E-state index contributed by atoms with van der Waals surface area (Å²) in [4.78, 5) is 12.3. The number of ether oxygens (including phenoxy) is 2. The first-order valence-electron chi connectivity index (χ1n) is 9.84. The molecule has 0 radical (unpaired) electrons. The largest absolute Gasteiger partial charge is 0.496 e. The van der Waals surface area contributed by atoms with Crippen LogP contribution in [0.5, 0.6) is 11.5 Å². The van der Waals surface area contributed by atoms with Crippen LogP contribution in [0.25, 0.3) is 5.69 Å². The lowest BCUT2D eigenvalue weighted by molar-refractivity contribution is 0.294. The summed E-state index contributed by atoms with van der Waals surface area (Å²) in [5, 5.41) is 7.75. The molecule has 0 spiro atoms. The van der Waals surface area contributed by atoms with Gasteiger partial charge in [-0.1, -0.05) is 38.5 Å². The second kappa shape index (κ2) is 8.94. The highest BCUT2D eigenvalue weighted by Crippen LogP contribution is 2.29. The molecule has 29 heavy (non-hydrogen) atoms. The SMILES string of the molecule is CCCC(C)c1ccc(OCc2c(OC)cccc2-n2nnn(C)c2=O)c(C)c1. The molecule has 3 aromatic rings. The third-order valence-corrected chi connectivity index (χ3v) is 5.14. The van der Waals surface area contributed by atoms with Crippen LogP contribution >= 0.6 is 0 Å². The molecule has 1 heterocycles. The van der Waals surface area contributed by atoms with Gasteiger partial charge in [-0.05, 0) is 59.0 Å². The fourth-order valence-corrected chi connectivity index (χ4v) is 3.44. The minimum atomic E-state index is -0.329. The van der Waals surface area contributed by atoms with Crippen molar-refractivity contribution in [3.05, 3.63) is 63.6 Å². The van der Waals surface area contributed by atoms with Crippen molar-refractivity contribution in [2.75, 3.05) is 7.11 Å². The third-order valence-electron chi connectivity index (χ3n) is 5.14. The van der Waals surface area contributed by atoms with Gasteiger partial charge in [-0.25, -0.2) is 4.79 Å². The van der Waals surface area contributed by atoms with Crippen LogP contribution in [0.2, 0.25) is 0 Å². The van der Waals surface area contributed by atoms with E-state index in [-0.39, 0.29) is 12.3 Å². The molecule has 2 aromatic carbocycles. The Morgan fingerprint density at radius 1 is 1.14 bits per heavy atom. The molecule has 0 fully saturated rings. The third kappa shape index (κ3) is 4.34. The van der Waals surface area contributed by atoms with Crippen molar-refractivity contribution in [1.82, 2.24) is 19.8 Å². The van der Waals surface area contributed by atoms with Crippen molar-refractivity contribution in [3.8, 4) is 17.2 Å². The second-order valence-corrected chi connectivity index (χ2v) is 7.26. The molecule has 0 saturated heterocycles. The Morgan fingerprint density at radius 3 is 2.55 bits per heavy atom. The summed E-state index contributed by atoms with van der Waals surface area (Å²) in [6, 6.07) is 11.8. The first-order chi connectivity index (χ1) is 14.0. The van der Waals surface area contributed by atoms with Crippen LogP contribution in [0.4, 0.5) is 0 Å². The predicted molar refractivity (Wildman–Crippen MR) is 112 cm³/mol. The van der Waals surface area contributed by atoms with Gasteiger partial charge in [-0.15, -0.1) is 0 Å². The van der Waals surface area contributed by atoms with E-state index < -0.39 is 0 Å². The fourth-order valence-electron chi connectivity index (χ4n) is 3.44. The van der Waals surface area contributed by atoms with Crippen LogP contribution in [0.15, 0.2) is 41.2 Å². The van der Waals surface area contributed by atoms with E-state index in [1.54, 1.807) is 20.2 Å². The Kier molecular flexibility index (Phi) is 6.36. The van der Waals surface area contributed by atoms with Gasteiger partial charge in [0.2, 0.25) is 0 Å². The molecule has 0 bridgehead atoms. The van der Waals surface area contributed by atoms with Crippen LogP contribution in [-0.2, 0) is 13.7 Å². The zero-order chi connectivity index (χ0) is 21.0. The smallest absolute Gasteiger partial charge is 0.368 e. The minimum absolute atomic E-state index is 0.243. The van der Waals surface area contributed by atoms with Crippen LogP contribution < -0.4 is 15.2 Å². The molecule has 154 valence electrons. The zero-order valence-electron chi connectivity index (χ0n) is 17.7. The first kappa shape index (κ1) is 20.6. The maximum absolute atomic E-state index is 12.3. The first-order valence-corrected chi connectivity index (χ1v) is 9.84. The summed E-state index contributed by atoms with van der Waals surface area (Å²) in [5.74, 6) is 1.96. The van der Waals surface area contributed by atoms with Gasteiger partial charge in [0.25, 0.3) is 0 Å². The number of methoxy groups -OCH3 is 1. The van der Waals surface area contributed by atoms with Gasteiger partial charge < -0.3 is 9.47 Å². The molecule has 1 aromatic heterocycles. The summed E-state index contributed by atoms with van der Waals surface area (Å²) in [6.07, 6.45) is 2.33. The molecule has 7 heteroatoms. The number of aromatic nitrogens is 4. The maximum atomic E-state index is 12.3. The van der Waals surface area contributed by atoms with Gasteiger partial charge in [0.05, 0.1) is 18.4 Å². The lowest BCUT2D eigenvalue weighted by Gasteiger charge is -2.17. The Balaban J connectivity index is 1.89. The van der Waals surface area contributed by atoms with Gasteiger partial charge in [-0.2, -0.15) is 9.36 Å². The second-order valence-electron chi connectivity index (χ2n) is 7.26. The van der Waals surface area contributed by atoms with Gasteiger partial charge in [0.15, 0.2) is 0 Å². The Labute approximate surface area is 170 Å². The Hall–Kier alpha value is -3.09. The van der Waals surface area contributed by atoms with E-state index in [1.165, 1.54) is 14.9 Å². The number of hydrogen-bond donors (Lipinski definition) is 0. The highest BCUT2D eigenvalue weighted by Gasteiger charge is 2.16. The molecule has 0 N–H and O–H groups in total. The summed E-state index contributed by atoms with van der Waals surface area (Å²) < 4.78 is 14.1. The summed E-state index contributed by atoms with van der Waals surface area (Å²) in [7, 11) is 3.16. The topological polar surface area (TPSA) is 71.2 Å².